The van der Waals surface area contributed by atoms with E-state index in [4.69, 9.17) is 10.6 Å². The topological polar surface area (TPSA) is 132 Å². The van der Waals surface area contributed by atoms with Crippen molar-refractivity contribution in [3.05, 3.63) is 30.1 Å². The van der Waals surface area contributed by atoms with Crippen LogP contribution in [0.1, 0.15) is 50.8 Å². The number of nitrogens with one attached hydrogen (secondary N) is 1. The maximum atomic E-state index is 12.7. The van der Waals surface area contributed by atoms with Crippen molar-refractivity contribution in [1.82, 2.24) is 19.2 Å². The fraction of sp³-hybridized carbons (Fsp3) is 0.571. The number of hydrogen-bond donors (Lipinski definition) is 2. The largest absolute Gasteiger partial charge is 0.379 e. The summed E-state index contributed by atoms with van der Waals surface area (Å²) < 4.78 is 33.6. The Kier molecular flexibility index (Phi) is 7.57. The van der Waals surface area contributed by atoms with Crippen molar-refractivity contribution < 1.29 is 17.9 Å². The van der Waals surface area contributed by atoms with Crippen molar-refractivity contribution in [2.24, 2.45) is 0 Å². The van der Waals surface area contributed by atoms with Gasteiger partial charge in [-0.05, 0) is 44.0 Å². The third kappa shape index (κ3) is 5.51. The molecule has 1 amide bonds. The second-order valence-electron chi connectivity index (χ2n) is 8.34. The lowest BCUT2D eigenvalue weighted by atomic mass is 9.89. The first kappa shape index (κ1) is 24.0. The minimum Gasteiger partial charge on any atom is -0.379 e. The Morgan fingerprint density at radius 2 is 1.82 bits per heavy atom. The number of hydrogen-bond acceptors (Lipinski definition) is 8. The minimum atomic E-state index is -3.57. The summed E-state index contributed by atoms with van der Waals surface area (Å²) in [5.74, 6) is 7.09. The Hall–Kier alpha value is -2.15. The first-order valence-electron chi connectivity index (χ1n) is 11.2. The van der Waals surface area contributed by atoms with Gasteiger partial charge in [-0.3, -0.25) is 4.79 Å². The monoisotopic (exact) mass is 494 g/mol. The molecule has 180 valence electrons. The number of carbonyl (C=O) groups excluding carboxylic acids is 1. The summed E-state index contributed by atoms with van der Waals surface area (Å²) in [6.45, 7) is 3.23. The number of benzene rings is 1. The predicted molar refractivity (Wildman–Crippen MR) is 126 cm³/mol. The molecular formula is C21H30N6O4S2. The van der Waals surface area contributed by atoms with E-state index < -0.39 is 15.3 Å². The van der Waals surface area contributed by atoms with Gasteiger partial charge >= 0.3 is 0 Å². The van der Waals surface area contributed by atoms with Gasteiger partial charge in [0.25, 0.3) is 0 Å². The van der Waals surface area contributed by atoms with Crippen molar-refractivity contribution >= 4 is 33.4 Å². The Balaban J connectivity index is 1.36. The van der Waals surface area contributed by atoms with Crippen LogP contribution in [-0.4, -0.2) is 65.1 Å². The first-order chi connectivity index (χ1) is 15.9. The van der Waals surface area contributed by atoms with Crippen LogP contribution >= 0.6 is 11.8 Å². The molecule has 3 N–H and O–H groups in total. The molecule has 0 bridgehead atoms. The van der Waals surface area contributed by atoms with Gasteiger partial charge in [-0.25, -0.2) is 13.1 Å². The maximum absolute atomic E-state index is 12.7. The molecule has 0 radical (unpaired) electrons. The number of thioether (sulfide) groups is 1. The predicted octanol–water partition coefficient (Wildman–Crippen LogP) is 2.18. The molecule has 2 heterocycles. The highest BCUT2D eigenvalue weighted by atomic mass is 32.2. The van der Waals surface area contributed by atoms with Crippen LogP contribution in [0.25, 0.3) is 0 Å². The minimum absolute atomic E-state index is 0.191. The number of nitrogen functional groups attached to an aromatic ring is 1. The quantitative estimate of drug-likeness (QED) is 0.442. The number of ether oxygens (including phenoxy) is 1. The molecule has 1 saturated carbocycles. The summed E-state index contributed by atoms with van der Waals surface area (Å²) in [5, 5.41) is 11.3. The van der Waals surface area contributed by atoms with Crippen molar-refractivity contribution in [2.45, 2.75) is 60.2 Å². The zero-order valence-electron chi connectivity index (χ0n) is 18.6. The summed E-state index contributed by atoms with van der Waals surface area (Å²) in [4.78, 5) is 12.9. The standard InChI is InChI=1S/C21H30N6O4S2/c1-15(32-21-25-24-19(27(21)22)16-5-3-2-4-6-16)20(28)23-17-7-9-18(10-8-17)33(29,30)26-11-13-31-14-12-26/h7-10,15-16H,2-6,11-14,22H2,1H3,(H,23,28)/t15-/m0/s1. The van der Waals surface area contributed by atoms with Crippen LogP contribution < -0.4 is 11.2 Å². The number of sulfonamides is 1. The fourth-order valence-electron chi connectivity index (χ4n) is 4.11. The molecule has 1 atom stereocenters. The number of carbonyl (C=O) groups is 1. The van der Waals surface area contributed by atoms with Crippen LogP contribution in [0.2, 0.25) is 0 Å². The van der Waals surface area contributed by atoms with E-state index in [2.05, 4.69) is 15.5 Å². The molecule has 1 aliphatic heterocycles. The first-order valence-corrected chi connectivity index (χ1v) is 13.5. The lowest BCUT2D eigenvalue weighted by molar-refractivity contribution is -0.115. The Morgan fingerprint density at radius 3 is 2.48 bits per heavy atom. The van der Waals surface area contributed by atoms with Gasteiger partial charge in [0.1, 0.15) is 0 Å². The van der Waals surface area contributed by atoms with Gasteiger partial charge in [0.05, 0.1) is 23.4 Å². The zero-order valence-corrected chi connectivity index (χ0v) is 20.3. The molecule has 1 aromatic heterocycles. The Morgan fingerprint density at radius 1 is 1.15 bits per heavy atom. The molecule has 4 rings (SSSR count). The Labute approximate surface area is 198 Å². The number of nitrogens with two attached hydrogens (primary N) is 1. The zero-order chi connectivity index (χ0) is 23.4. The average Bonchev–Trinajstić information content (AvgIpc) is 3.20. The highest BCUT2D eigenvalue weighted by molar-refractivity contribution is 8.00. The molecule has 1 aliphatic carbocycles. The van der Waals surface area contributed by atoms with Gasteiger partial charge < -0.3 is 15.9 Å². The molecule has 2 aliphatic rings. The number of nitrogens with zero attached hydrogens (tertiary/aromatic N) is 4. The Bertz CT molecular complexity index is 1060. The average molecular weight is 495 g/mol. The number of morpholine rings is 1. The fourth-order valence-corrected chi connectivity index (χ4v) is 6.29. The van der Waals surface area contributed by atoms with Gasteiger partial charge in [-0.15, -0.1) is 10.2 Å². The molecule has 12 heteroatoms. The molecule has 1 saturated heterocycles. The summed E-state index contributed by atoms with van der Waals surface area (Å²) in [7, 11) is -3.57. The van der Waals surface area contributed by atoms with E-state index in [-0.39, 0.29) is 10.8 Å². The van der Waals surface area contributed by atoms with Crippen molar-refractivity contribution in [2.75, 3.05) is 37.5 Å². The van der Waals surface area contributed by atoms with Crippen LogP contribution in [0.5, 0.6) is 0 Å². The van der Waals surface area contributed by atoms with E-state index in [0.29, 0.717) is 43.1 Å². The number of anilines is 1. The summed E-state index contributed by atoms with van der Waals surface area (Å²) in [6, 6.07) is 6.20. The number of rotatable bonds is 7. The van der Waals surface area contributed by atoms with Gasteiger partial charge in [-0.1, -0.05) is 31.0 Å². The van der Waals surface area contributed by atoms with Gasteiger partial charge in [-0.2, -0.15) is 4.31 Å². The second-order valence-corrected chi connectivity index (χ2v) is 11.6. The van der Waals surface area contributed by atoms with E-state index in [1.165, 1.54) is 52.1 Å². The lowest BCUT2D eigenvalue weighted by Crippen LogP contribution is -2.40. The van der Waals surface area contributed by atoms with E-state index in [1.54, 1.807) is 19.1 Å². The smallest absolute Gasteiger partial charge is 0.243 e. The van der Waals surface area contributed by atoms with Crippen LogP contribution in [0.15, 0.2) is 34.3 Å². The van der Waals surface area contributed by atoms with E-state index >= 15 is 0 Å². The molecule has 0 unspecified atom stereocenters. The van der Waals surface area contributed by atoms with Crippen LogP contribution in [0, 0.1) is 0 Å². The normalized spacial score (nSPS) is 19.3. The second kappa shape index (κ2) is 10.4. The molecule has 33 heavy (non-hydrogen) atoms. The van der Waals surface area contributed by atoms with E-state index in [0.717, 1.165) is 18.7 Å². The highest BCUT2D eigenvalue weighted by Crippen LogP contribution is 2.33. The number of amides is 1. The molecular weight excluding hydrogens is 464 g/mol. The van der Waals surface area contributed by atoms with Crippen LogP contribution in [-0.2, 0) is 19.6 Å². The van der Waals surface area contributed by atoms with E-state index in [9.17, 15) is 13.2 Å². The summed E-state index contributed by atoms with van der Waals surface area (Å²) in [6.07, 6.45) is 5.71. The highest BCUT2D eigenvalue weighted by Gasteiger charge is 2.27. The SMILES string of the molecule is C[C@H](Sc1nnc(C2CCCCC2)n1N)C(=O)Nc1ccc(S(=O)(=O)N2CCOCC2)cc1. The molecule has 1 aromatic carbocycles. The van der Waals surface area contributed by atoms with Crippen molar-refractivity contribution in [3.63, 3.8) is 0 Å². The molecule has 0 spiro atoms. The molecule has 10 nitrogen and oxygen atoms in total. The van der Waals surface area contributed by atoms with Crippen LogP contribution in [0.3, 0.4) is 0 Å². The summed E-state index contributed by atoms with van der Waals surface area (Å²) in [5.41, 5.74) is 0.519. The maximum Gasteiger partial charge on any atom is 0.243 e. The molecule has 2 aromatic rings. The summed E-state index contributed by atoms with van der Waals surface area (Å²) >= 11 is 1.25. The third-order valence-corrected chi connectivity index (χ3v) is 9.01. The molecule has 2 fully saturated rings. The van der Waals surface area contributed by atoms with Crippen LogP contribution in [0.4, 0.5) is 5.69 Å². The van der Waals surface area contributed by atoms with Gasteiger partial charge in [0.15, 0.2) is 5.82 Å². The van der Waals surface area contributed by atoms with Gasteiger partial charge in [0, 0.05) is 24.7 Å². The van der Waals surface area contributed by atoms with Crippen molar-refractivity contribution in [1.29, 1.82) is 0 Å². The lowest BCUT2D eigenvalue weighted by Gasteiger charge is -2.26. The third-order valence-electron chi connectivity index (χ3n) is 6.04. The number of aromatic nitrogens is 3. The van der Waals surface area contributed by atoms with E-state index in [1.807, 2.05) is 0 Å². The van der Waals surface area contributed by atoms with Gasteiger partial charge in [0.2, 0.25) is 21.1 Å². The van der Waals surface area contributed by atoms with Crippen molar-refractivity contribution in [3.8, 4) is 0 Å².